The third-order valence-electron chi connectivity index (χ3n) is 2.98. The molecule has 0 fully saturated rings. The van der Waals surface area contributed by atoms with E-state index in [4.69, 9.17) is 16.0 Å². The van der Waals surface area contributed by atoms with Crippen molar-refractivity contribution in [3.63, 3.8) is 0 Å². The lowest BCUT2D eigenvalue weighted by Gasteiger charge is -2.08. The number of primary amides is 1. The summed E-state index contributed by atoms with van der Waals surface area (Å²) in [5, 5.41) is 12.1. The Kier molecular flexibility index (Phi) is 4.53. The van der Waals surface area contributed by atoms with Crippen molar-refractivity contribution in [2.24, 2.45) is 11.5 Å². The number of carbonyl (C=O) groups excluding carboxylic acids is 1. The fourth-order valence-corrected chi connectivity index (χ4v) is 2.72. The highest BCUT2D eigenvalue weighted by Gasteiger charge is 2.16. The van der Waals surface area contributed by atoms with E-state index in [0.29, 0.717) is 16.7 Å². The summed E-state index contributed by atoms with van der Waals surface area (Å²) < 4.78 is 19.7. The minimum absolute atomic E-state index is 0.164. The van der Waals surface area contributed by atoms with Crippen LogP contribution in [0.15, 0.2) is 33.9 Å². The molecule has 1 amide bonds. The summed E-state index contributed by atoms with van der Waals surface area (Å²) in [6, 6.07) is 5.86. The van der Waals surface area contributed by atoms with Gasteiger partial charge in [0.1, 0.15) is 5.82 Å². The Morgan fingerprint density at radius 1 is 1.29 bits per heavy atom. The summed E-state index contributed by atoms with van der Waals surface area (Å²) in [7, 11) is 0. The van der Waals surface area contributed by atoms with E-state index in [9.17, 15) is 9.18 Å². The van der Waals surface area contributed by atoms with Gasteiger partial charge in [-0.1, -0.05) is 16.9 Å². The number of benzene rings is 1. The summed E-state index contributed by atoms with van der Waals surface area (Å²) in [6.45, 7) is 0.164. The average molecular weight is 349 g/mol. The summed E-state index contributed by atoms with van der Waals surface area (Å²) in [4.78, 5) is 14.8. The Labute approximate surface area is 139 Å². The Bertz CT molecular complexity index is 862. The van der Waals surface area contributed by atoms with Crippen molar-refractivity contribution in [1.29, 1.82) is 0 Å². The molecule has 3 aromatic rings. The van der Waals surface area contributed by atoms with Gasteiger partial charge in [0.15, 0.2) is 11.0 Å². The number of amides is 1. The smallest absolute Gasteiger partial charge is 0.290 e. The molecule has 4 N–H and O–H groups in total. The fourth-order valence-electron chi connectivity index (χ4n) is 1.92. The minimum Gasteiger partial charge on any atom is -0.363 e. The lowest BCUT2D eigenvalue weighted by Crippen LogP contribution is -2.12. The maximum atomic E-state index is 13.1. The Hall–Kier alpha value is -2.79. The predicted molar refractivity (Wildman–Crippen MR) is 81.6 cm³/mol. The number of rotatable bonds is 6. The molecule has 124 valence electrons. The van der Waals surface area contributed by atoms with E-state index in [0.717, 1.165) is 0 Å². The lowest BCUT2D eigenvalue weighted by molar-refractivity contribution is 0.0987. The van der Waals surface area contributed by atoms with Crippen molar-refractivity contribution in [2.75, 3.05) is 0 Å². The second-order valence-corrected chi connectivity index (χ2v) is 5.52. The van der Waals surface area contributed by atoms with Crippen molar-refractivity contribution in [2.45, 2.75) is 17.5 Å². The van der Waals surface area contributed by atoms with Crippen LogP contribution in [0.5, 0.6) is 0 Å². The van der Waals surface area contributed by atoms with Crippen LogP contribution in [-0.4, -0.2) is 30.8 Å². The molecule has 24 heavy (non-hydrogen) atoms. The number of nitrogens with two attached hydrogens (primary N) is 2. The van der Waals surface area contributed by atoms with Crippen LogP contribution in [0.1, 0.15) is 22.3 Å². The molecular weight excluding hydrogens is 337 g/mol. The molecule has 0 saturated heterocycles. The van der Waals surface area contributed by atoms with E-state index >= 15 is 0 Å². The molecule has 0 saturated carbocycles. The van der Waals surface area contributed by atoms with Crippen LogP contribution in [0.3, 0.4) is 0 Å². The fraction of sp³-hybridized carbons (Fsp3) is 0.154. The number of carbonyl (C=O) groups is 1. The SMILES string of the molecule is NCc1nnc(SCc2nc(C(N)=O)no2)n1-c1ccc(F)cc1. The third-order valence-corrected chi connectivity index (χ3v) is 3.89. The normalized spacial score (nSPS) is 10.9. The van der Waals surface area contributed by atoms with Crippen molar-refractivity contribution in [3.05, 3.63) is 47.6 Å². The second-order valence-electron chi connectivity index (χ2n) is 4.58. The van der Waals surface area contributed by atoms with E-state index in [1.54, 1.807) is 16.7 Å². The summed E-state index contributed by atoms with van der Waals surface area (Å²) >= 11 is 1.25. The number of nitrogens with zero attached hydrogens (tertiary/aromatic N) is 5. The number of halogens is 1. The second kappa shape index (κ2) is 6.76. The molecular formula is C13H12FN7O2S. The number of hydrogen-bond donors (Lipinski definition) is 2. The average Bonchev–Trinajstić information content (AvgIpc) is 3.20. The molecule has 2 heterocycles. The largest absolute Gasteiger partial charge is 0.363 e. The summed E-state index contributed by atoms with van der Waals surface area (Å²) in [5.74, 6) is -0.308. The lowest BCUT2D eigenvalue weighted by atomic mass is 10.3. The first-order valence-corrected chi connectivity index (χ1v) is 7.72. The molecule has 0 aliphatic carbocycles. The molecule has 0 aliphatic heterocycles. The highest BCUT2D eigenvalue weighted by Crippen LogP contribution is 2.24. The predicted octanol–water partition coefficient (Wildman–Crippen LogP) is 0.639. The zero-order chi connectivity index (χ0) is 17.1. The van der Waals surface area contributed by atoms with Gasteiger partial charge in [-0.05, 0) is 24.3 Å². The van der Waals surface area contributed by atoms with E-state index < -0.39 is 5.91 Å². The Morgan fingerprint density at radius 3 is 2.67 bits per heavy atom. The zero-order valence-corrected chi connectivity index (χ0v) is 13.0. The molecule has 9 nitrogen and oxygen atoms in total. The van der Waals surface area contributed by atoms with Crippen molar-refractivity contribution < 1.29 is 13.7 Å². The maximum absolute atomic E-state index is 13.1. The maximum Gasteiger partial charge on any atom is 0.290 e. The van der Waals surface area contributed by atoms with Crippen LogP contribution >= 0.6 is 11.8 Å². The number of thioether (sulfide) groups is 1. The van der Waals surface area contributed by atoms with E-state index in [1.807, 2.05) is 0 Å². The van der Waals surface area contributed by atoms with Gasteiger partial charge in [-0.2, -0.15) is 4.98 Å². The van der Waals surface area contributed by atoms with Crippen LogP contribution < -0.4 is 11.5 Å². The minimum atomic E-state index is -0.769. The molecule has 0 radical (unpaired) electrons. The standard InChI is InChI=1S/C13H12FN7O2S/c14-7-1-3-8(4-2-7)21-9(5-15)18-19-13(21)24-6-10-17-12(11(16)22)20-23-10/h1-4H,5-6,15H2,(H2,16,22). The van der Waals surface area contributed by atoms with Crippen LogP contribution in [0, 0.1) is 5.82 Å². The van der Waals surface area contributed by atoms with Gasteiger partial charge >= 0.3 is 0 Å². The van der Waals surface area contributed by atoms with Gasteiger partial charge in [0, 0.05) is 5.69 Å². The number of hydrogen-bond acceptors (Lipinski definition) is 8. The van der Waals surface area contributed by atoms with Crippen molar-refractivity contribution in [1.82, 2.24) is 24.9 Å². The van der Waals surface area contributed by atoms with Gasteiger partial charge in [0.05, 0.1) is 12.3 Å². The molecule has 0 bridgehead atoms. The van der Waals surface area contributed by atoms with Gasteiger partial charge in [0.2, 0.25) is 5.89 Å². The monoisotopic (exact) mass is 349 g/mol. The van der Waals surface area contributed by atoms with Gasteiger partial charge in [-0.25, -0.2) is 4.39 Å². The van der Waals surface area contributed by atoms with Crippen LogP contribution in [-0.2, 0) is 12.3 Å². The van der Waals surface area contributed by atoms with Crippen molar-refractivity contribution >= 4 is 17.7 Å². The molecule has 0 aliphatic rings. The van der Waals surface area contributed by atoms with Crippen LogP contribution in [0.4, 0.5) is 4.39 Å². The topological polar surface area (TPSA) is 139 Å². The number of aromatic nitrogens is 5. The van der Waals surface area contributed by atoms with E-state index in [2.05, 4.69) is 20.3 Å². The molecule has 11 heteroatoms. The molecule has 2 aromatic heterocycles. The van der Waals surface area contributed by atoms with Gasteiger partial charge < -0.3 is 16.0 Å². The highest BCUT2D eigenvalue weighted by molar-refractivity contribution is 7.98. The first-order valence-electron chi connectivity index (χ1n) is 6.74. The third kappa shape index (κ3) is 3.26. The molecule has 0 atom stereocenters. The van der Waals surface area contributed by atoms with Gasteiger partial charge in [0.25, 0.3) is 11.7 Å². The summed E-state index contributed by atoms with van der Waals surface area (Å²) in [6.07, 6.45) is 0. The molecule has 1 aromatic carbocycles. The van der Waals surface area contributed by atoms with E-state index in [1.165, 1.54) is 23.9 Å². The van der Waals surface area contributed by atoms with Gasteiger partial charge in [-0.15, -0.1) is 10.2 Å². The first-order chi connectivity index (χ1) is 11.6. The quantitative estimate of drug-likeness (QED) is 0.618. The molecule has 3 rings (SSSR count). The van der Waals surface area contributed by atoms with Crippen LogP contribution in [0.25, 0.3) is 5.69 Å². The Morgan fingerprint density at radius 2 is 2.04 bits per heavy atom. The van der Waals surface area contributed by atoms with Crippen LogP contribution in [0.2, 0.25) is 0 Å². The molecule has 0 spiro atoms. The van der Waals surface area contributed by atoms with E-state index in [-0.39, 0.29) is 29.8 Å². The van der Waals surface area contributed by atoms with Gasteiger partial charge in [-0.3, -0.25) is 9.36 Å². The highest BCUT2D eigenvalue weighted by atomic mass is 32.2. The molecule has 0 unspecified atom stereocenters. The Balaban J connectivity index is 1.84. The first kappa shape index (κ1) is 16.1. The zero-order valence-electron chi connectivity index (χ0n) is 12.2. The summed E-state index contributed by atoms with van der Waals surface area (Å²) in [5.41, 5.74) is 11.4. The van der Waals surface area contributed by atoms with Crippen molar-refractivity contribution in [3.8, 4) is 5.69 Å².